The van der Waals surface area contributed by atoms with Crippen LogP contribution in [0.4, 0.5) is 22.0 Å². The maximum absolute atomic E-state index is 17.6. The first-order chi connectivity index (χ1) is 45.0. The van der Waals surface area contributed by atoms with Gasteiger partial charge < -0.3 is 9.13 Å². The number of aromatic nitrogens is 7. The summed E-state index contributed by atoms with van der Waals surface area (Å²) in [4.78, 5) is 25.0. The lowest BCUT2D eigenvalue weighted by Gasteiger charge is -2.24. The minimum Gasteiger partial charge on any atom is -0.309 e. The summed E-state index contributed by atoms with van der Waals surface area (Å²) >= 11 is 0. The third-order valence-corrected chi connectivity index (χ3v) is 16.9. The van der Waals surface area contributed by atoms with Crippen molar-refractivity contribution in [3.63, 3.8) is 0 Å². The molecule has 6 heterocycles. The molecule has 7 nitrogen and oxygen atoms in total. The van der Waals surface area contributed by atoms with Crippen molar-refractivity contribution in [3.8, 4) is 113 Å². The Morgan fingerprint density at radius 2 is 0.641 bits per heavy atom. The Hall–Kier alpha value is -12.0. The number of nitrogens with zero attached hydrogens (tertiary/aromatic N) is 7. The molecular weight excluding hydrogens is 1150 g/mol. The van der Waals surface area contributed by atoms with E-state index >= 15 is 22.0 Å². The molecule has 0 radical (unpaired) electrons. The number of hydrogen-bond donors (Lipinski definition) is 0. The first-order valence-corrected chi connectivity index (χ1v) is 29.9. The van der Waals surface area contributed by atoms with Gasteiger partial charge in [-0.25, -0.2) is 33.7 Å². The zero-order chi connectivity index (χ0) is 62.0. The molecule has 12 heteroatoms. The quantitative estimate of drug-likeness (QED) is 0.121. The third kappa shape index (κ3) is 10.00. The van der Waals surface area contributed by atoms with E-state index in [0.717, 1.165) is 62.6 Å². The predicted octanol–water partition coefficient (Wildman–Crippen LogP) is 21.2. The molecule has 438 valence electrons. The highest BCUT2D eigenvalue weighted by Gasteiger charge is 2.41. The lowest BCUT2D eigenvalue weighted by atomic mass is 9.96. The lowest BCUT2D eigenvalue weighted by Crippen LogP contribution is -2.17. The Kier molecular flexibility index (Phi) is 13.5. The molecule has 0 amide bonds. The van der Waals surface area contributed by atoms with Gasteiger partial charge in [-0.3, -0.25) is 0 Å². The summed E-state index contributed by atoms with van der Waals surface area (Å²) in [6.45, 7) is 0. The summed E-state index contributed by atoms with van der Waals surface area (Å²) in [5.41, 5.74) is 11.2. The van der Waals surface area contributed by atoms with Gasteiger partial charge in [-0.1, -0.05) is 164 Å². The van der Waals surface area contributed by atoms with Gasteiger partial charge >= 0.3 is 6.18 Å². The molecule has 0 fully saturated rings. The number of hydrogen-bond acceptors (Lipinski definition) is 5. The van der Waals surface area contributed by atoms with Crippen LogP contribution >= 0.6 is 0 Å². The van der Waals surface area contributed by atoms with Gasteiger partial charge in [-0.05, 0) is 121 Å². The lowest BCUT2D eigenvalue weighted by molar-refractivity contribution is -0.137. The topological polar surface area (TPSA) is 74.3 Å². The average Bonchev–Trinajstić information content (AvgIpc) is 1.52. The van der Waals surface area contributed by atoms with E-state index in [1.165, 1.54) is 12.1 Å². The van der Waals surface area contributed by atoms with Gasteiger partial charge in [0.2, 0.25) is 0 Å². The maximum atomic E-state index is 17.6. The highest BCUT2D eigenvalue weighted by Crippen LogP contribution is 2.49. The summed E-state index contributed by atoms with van der Waals surface area (Å²) in [5.74, 6) is -1.51. The van der Waals surface area contributed by atoms with Crippen molar-refractivity contribution in [2.45, 2.75) is 6.18 Å². The van der Waals surface area contributed by atoms with Crippen LogP contribution in [0.2, 0.25) is 0 Å². The van der Waals surface area contributed by atoms with E-state index in [9.17, 15) is 0 Å². The number of rotatable bonds is 11. The summed E-state index contributed by atoms with van der Waals surface area (Å²) in [6.07, 6.45) is -3.45. The van der Waals surface area contributed by atoms with Gasteiger partial charge in [0, 0.05) is 83.9 Å². The molecule has 0 aliphatic carbocycles. The SMILES string of the molecule is Fc1cc(F)cc(-c2ccc(-n3c4ccc(-c5cccc(-c6ccccc6)n5)cc4c4cc(-c5cccc(-c6ccccc6)n5)ccc43)c(C(F)(F)F)c2-n2c3ccc(-c4cccc(-c5ccccc5)n4)cc3c3cc(-c4nccc(-c5ccccc5)n4)ccc32)c1. The zero-order valence-electron chi connectivity index (χ0n) is 48.7. The van der Waals surface area contributed by atoms with E-state index in [-0.39, 0.29) is 22.5 Å². The number of fused-ring (bicyclic) bond motifs is 6. The fourth-order valence-corrected chi connectivity index (χ4v) is 12.7. The van der Waals surface area contributed by atoms with Crippen LogP contribution in [0.3, 0.4) is 0 Å². The average molecular weight is 1200 g/mol. The van der Waals surface area contributed by atoms with E-state index in [1.54, 1.807) is 33.5 Å². The number of benzene rings is 10. The molecule has 10 aromatic carbocycles. The second-order valence-corrected chi connectivity index (χ2v) is 22.6. The van der Waals surface area contributed by atoms with Gasteiger partial charge in [0.05, 0.1) is 73.3 Å². The highest BCUT2D eigenvalue weighted by atomic mass is 19.4. The summed E-state index contributed by atoms with van der Waals surface area (Å²) in [7, 11) is 0. The Morgan fingerprint density at radius 1 is 0.283 bits per heavy atom. The van der Waals surface area contributed by atoms with Crippen molar-refractivity contribution in [1.29, 1.82) is 0 Å². The molecule has 0 saturated heterocycles. The first kappa shape index (κ1) is 55.3. The fraction of sp³-hybridized carbons (Fsp3) is 0.0125. The van der Waals surface area contributed by atoms with E-state index in [4.69, 9.17) is 24.9 Å². The van der Waals surface area contributed by atoms with E-state index in [1.807, 2.05) is 237 Å². The molecule has 0 aliphatic heterocycles. The smallest absolute Gasteiger partial charge is 0.309 e. The Morgan fingerprint density at radius 3 is 1.04 bits per heavy atom. The first-order valence-electron chi connectivity index (χ1n) is 29.9. The van der Waals surface area contributed by atoms with Crippen molar-refractivity contribution < 1.29 is 22.0 Å². The molecule has 16 aromatic rings. The maximum Gasteiger partial charge on any atom is 0.420 e. The summed E-state index contributed by atoms with van der Waals surface area (Å²) in [5, 5.41) is 2.44. The van der Waals surface area contributed by atoms with Crippen LogP contribution in [0.25, 0.3) is 156 Å². The van der Waals surface area contributed by atoms with Crippen LogP contribution in [0, 0.1) is 11.6 Å². The Bertz CT molecular complexity index is 5230. The van der Waals surface area contributed by atoms with E-state index in [0.29, 0.717) is 89.4 Å². The van der Waals surface area contributed by atoms with Crippen molar-refractivity contribution in [1.82, 2.24) is 34.1 Å². The standard InChI is InChI=1S/C80H48F5N7/c81-58-42-57(43-59(82)48-58)60-34-39-76(91-72-35-30-53(68-27-13-24-65(87-68)49-16-5-1-6-17-49)44-61(72)62-45-54(31-36-73(62)91)69-28-14-25-66(88-69)50-18-7-2-8-19-50)77(80(83,84)85)78(60)92-74-37-32-55(70-29-15-26-67(89-70)51-20-9-3-10-21-51)46-63(74)64-47-56(33-38-75(64)92)79-86-41-40-71(90-79)52-22-11-4-12-23-52/h1-48H. The van der Waals surface area contributed by atoms with Gasteiger partial charge in [0.25, 0.3) is 0 Å². The van der Waals surface area contributed by atoms with Gasteiger partial charge in [0.1, 0.15) is 17.2 Å². The van der Waals surface area contributed by atoms with Crippen molar-refractivity contribution in [3.05, 3.63) is 309 Å². The number of halogens is 5. The minimum atomic E-state index is -5.13. The second kappa shape index (κ2) is 22.5. The molecule has 0 saturated carbocycles. The van der Waals surface area contributed by atoms with Crippen molar-refractivity contribution in [2.24, 2.45) is 0 Å². The minimum absolute atomic E-state index is 0.0679. The molecular formula is C80H48F5N7. The van der Waals surface area contributed by atoms with Crippen LogP contribution in [0.5, 0.6) is 0 Å². The molecule has 0 atom stereocenters. The second-order valence-electron chi connectivity index (χ2n) is 22.6. The zero-order valence-corrected chi connectivity index (χ0v) is 48.7. The van der Waals surface area contributed by atoms with Crippen LogP contribution in [-0.4, -0.2) is 34.1 Å². The van der Waals surface area contributed by atoms with Gasteiger partial charge in [0.15, 0.2) is 5.82 Å². The van der Waals surface area contributed by atoms with E-state index < -0.39 is 23.4 Å². The molecule has 16 rings (SSSR count). The molecule has 0 bridgehead atoms. The Labute approximate surface area is 524 Å². The predicted molar refractivity (Wildman–Crippen MR) is 358 cm³/mol. The van der Waals surface area contributed by atoms with Gasteiger partial charge in [-0.2, -0.15) is 13.2 Å². The summed E-state index contributed by atoms with van der Waals surface area (Å²) in [6, 6.07) is 86.6. The summed E-state index contributed by atoms with van der Waals surface area (Å²) < 4.78 is 87.6. The van der Waals surface area contributed by atoms with Crippen molar-refractivity contribution in [2.75, 3.05) is 0 Å². The normalized spacial score (nSPS) is 11.8. The van der Waals surface area contributed by atoms with Crippen LogP contribution < -0.4 is 0 Å². The van der Waals surface area contributed by atoms with Crippen LogP contribution in [0.1, 0.15) is 5.56 Å². The molecule has 0 unspecified atom stereocenters. The molecule has 0 aliphatic rings. The van der Waals surface area contributed by atoms with Gasteiger partial charge in [-0.15, -0.1) is 0 Å². The molecule has 0 N–H and O–H groups in total. The van der Waals surface area contributed by atoms with Crippen LogP contribution in [0.15, 0.2) is 291 Å². The fourth-order valence-electron chi connectivity index (χ4n) is 12.7. The van der Waals surface area contributed by atoms with Crippen molar-refractivity contribution >= 4 is 43.6 Å². The molecule has 0 spiro atoms. The Balaban J connectivity index is 0.973. The largest absolute Gasteiger partial charge is 0.420 e. The highest BCUT2D eigenvalue weighted by molar-refractivity contribution is 6.14. The third-order valence-electron chi connectivity index (χ3n) is 16.9. The number of pyridine rings is 3. The number of alkyl halides is 3. The monoisotopic (exact) mass is 1200 g/mol. The van der Waals surface area contributed by atoms with Crippen LogP contribution in [-0.2, 0) is 6.18 Å². The molecule has 6 aromatic heterocycles. The molecule has 92 heavy (non-hydrogen) atoms. The van der Waals surface area contributed by atoms with E-state index in [2.05, 4.69) is 0 Å².